The molecule has 0 fully saturated rings. The molecule has 0 amide bonds. The Morgan fingerprint density at radius 3 is 2.54 bits per heavy atom. The van der Waals surface area contributed by atoms with Gasteiger partial charge in [0.05, 0.1) is 18.2 Å². The minimum atomic E-state index is -4.49. The van der Waals surface area contributed by atoms with Crippen molar-refractivity contribution >= 4 is 44.5 Å². The van der Waals surface area contributed by atoms with Crippen LogP contribution < -0.4 is 4.74 Å². The third-order valence-electron chi connectivity index (χ3n) is 3.12. The monoisotopic (exact) mass is 514 g/mol. The van der Waals surface area contributed by atoms with E-state index in [9.17, 15) is 18.0 Å². The summed E-state index contributed by atoms with van der Waals surface area (Å²) in [4.78, 5) is 11.6. The molecule has 0 radical (unpaired) electrons. The van der Waals surface area contributed by atoms with Crippen LogP contribution in [0.25, 0.3) is 0 Å². The zero-order valence-electron chi connectivity index (χ0n) is 12.3. The molecule has 0 aliphatic rings. The van der Waals surface area contributed by atoms with Crippen LogP contribution in [0.2, 0.25) is 0 Å². The Hall–Kier alpha value is -1.29. The van der Waals surface area contributed by atoms with E-state index in [1.807, 2.05) is 22.6 Å². The number of rotatable bonds is 4. The number of carbonyl (C=O) groups excluding carboxylic acids is 1. The lowest BCUT2D eigenvalue weighted by molar-refractivity contribution is -0.139. The average molecular weight is 515 g/mol. The summed E-state index contributed by atoms with van der Waals surface area (Å²) in [5.41, 5.74) is 0.152. The highest BCUT2D eigenvalue weighted by atomic mass is 127. The van der Waals surface area contributed by atoms with E-state index in [0.29, 0.717) is 19.2 Å². The molecule has 8 heteroatoms. The first-order valence-corrected chi connectivity index (χ1v) is 8.46. The SMILES string of the molecule is COC(=O)c1cc(I)c(COc2ccccc2C(F)(F)F)cc1Br. The molecule has 2 aromatic rings. The van der Waals surface area contributed by atoms with Crippen molar-refractivity contribution in [3.05, 3.63) is 61.1 Å². The van der Waals surface area contributed by atoms with Gasteiger partial charge in [0.25, 0.3) is 0 Å². The quantitative estimate of drug-likeness (QED) is 0.403. The number of ether oxygens (including phenoxy) is 2. The first-order valence-electron chi connectivity index (χ1n) is 6.59. The number of halogens is 5. The van der Waals surface area contributed by atoms with Crippen LogP contribution in [0.5, 0.6) is 5.75 Å². The summed E-state index contributed by atoms with van der Waals surface area (Å²) in [6.45, 7) is -0.0641. The van der Waals surface area contributed by atoms with Crippen molar-refractivity contribution in [2.75, 3.05) is 7.11 Å². The molecule has 0 aliphatic carbocycles. The Morgan fingerprint density at radius 1 is 1.25 bits per heavy atom. The molecule has 0 aromatic heterocycles. The maximum Gasteiger partial charge on any atom is 0.419 e. The van der Waals surface area contributed by atoms with E-state index < -0.39 is 17.7 Å². The Bertz CT molecular complexity index is 763. The molecular formula is C16H11BrF3IO3. The number of benzene rings is 2. The molecule has 24 heavy (non-hydrogen) atoms. The minimum absolute atomic E-state index is 0.0641. The van der Waals surface area contributed by atoms with E-state index in [1.165, 1.54) is 25.3 Å². The van der Waals surface area contributed by atoms with Gasteiger partial charge in [-0.05, 0) is 62.8 Å². The molecule has 0 aliphatic heterocycles. The minimum Gasteiger partial charge on any atom is -0.488 e. The maximum atomic E-state index is 13.0. The van der Waals surface area contributed by atoms with Crippen LogP contribution in [-0.4, -0.2) is 13.1 Å². The van der Waals surface area contributed by atoms with Crippen LogP contribution in [0.15, 0.2) is 40.9 Å². The Labute approximate surface area is 158 Å². The number of hydrogen-bond donors (Lipinski definition) is 0. The highest BCUT2D eigenvalue weighted by Gasteiger charge is 2.34. The summed E-state index contributed by atoms with van der Waals surface area (Å²) in [7, 11) is 1.27. The highest BCUT2D eigenvalue weighted by Crippen LogP contribution is 2.36. The summed E-state index contributed by atoms with van der Waals surface area (Å²) in [6, 6.07) is 8.24. The zero-order chi connectivity index (χ0) is 17.9. The Balaban J connectivity index is 2.25. The molecule has 2 rings (SSSR count). The van der Waals surface area contributed by atoms with Crippen molar-refractivity contribution in [1.29, 1.82) is 0 Å². The maximum absolute atomic E-state index is 13.0. The van der Waals surface area contributed by atoms with Gasteiger partial charge in [-0.25, -0.2) is 4.79 Å². The van der Waals surface area contributed by atoms with E-state index in [1.54, 1.807) is 12.1 Å². The molecule has 0 N–H and O–H groups in total. The van der Waals surface area contributed by atoms with Gasteiger partial charge < -0.3 is 9.47 Å². The van der Waals surface area contributed by atoms with Gasteiger partial charge in [-0.3, -0.25) is 0 Å². The second-order valence-corrected chi connectivity index (χ2v) is 6.71. The van der Waals surface area contributed by atoms with Gasteiger partial charge in [0.1, 0.15) is 12.4 Å². The van der Waals surface area contributed by atoms with Gasteiger partial charge in [-0.1, -0.05) is 12.1 Å². The normalized spacial score (nSPS) is 11.2. The molecule has 2 aromatic carbocycles. The fourth-order valence-electron chi connectivity index (χ4n) is 1.95. The smallest absolute Gasteiger partial charge is 0.419 e. The van der Waals surface area contributed by atoms with Gasteiger partial charge >= 0.3 is 12.1 Å². The van der Waals surface area contributed by atoms with Crippen molar-refractivity contribution < 1.29 is 27.4 Å². The summed E-state index contributed by atoms with van der Waals surface area (Å²) in [5.74, 6) is -0.747. The summed E-state index contributed by atoms with van der Waals surface area (Å²) < 4.78 is 50.1. The van der Waals surface area contributed by atoms with Gasteiger partial charge in [0, 0.05) is 13.6 Å². The van der Waals surface area contributed by atoms with Crippen LogP contribution in [0, 0.1) is 3.57 Å². The largest absolute Gasteiger partial charge is 0.488 e. The Kier molecular flexibility index (Phi) is 6.13. The van der Waals surface area contributed by atoms with E-state index in [4.69, 9.17) is 4.74 Å². The van der Waals surface area contributed by atoms with Crippen molar-refractivity contribution in [3.63, 3.8) is 0 Å². The first kappa shape index (κ1) is 19.0. The molecule has 0 bridgehead atoms. The number of para-hydroxylation sites is 1. The number of carbonyl (C=O) groups is 1. The number of methoxy groups -OCH3 is 1. The van der Waals surface area contributed by atoms with Gasteiger partial charge in [-0.15, -0.1) is 0 Å². The highest BCUT2D eigenvalue weighted by molar-refractivity contribution is 14.1. The van der Waals surface area contributed by atoms with Gasteiger partial charge in [-0.2, -0.15) is 13.2 Å². The Morgan fingerprint density at radius 2 is 1.92 bits per heavy atom. The summed E-state index contributed by atoms with van der Waals surface area (Å²) in [6.07, 6.45) is -4.49. The number of alkyl halides is 3. The lowest BCUT2D eigenvalue weighted by Crippen LogP contribution is -2.09. The van der Waals surface area contributed by atoms with Crippen molar-refractivity contribution in [2.24, 2.45) is 0 Å². The van der Waals surface area contributed by atoms with Crippen molar-refractivity contribution in [1.82, 2.24) is 0 Å². The van der Waals surface area contributed by atoms with E-state index in [-0.39, 0.29) is 12.4 Å². The lowest BCUT2D eigenvalue weighted by Gasteiger charge is -2.15. The molecule has 0 atom stereocenters. The van der Waals surface area contributed by atoms with Crippen molar-refractivity contribution in [3.8, 4) is 5.75 Å². The van der Waals surface area contributed by atoms with Crippen molar-refractivity contribution in [2.45, 2.75) is 12.8 Å². The third-order valence-corrected chi connectivity index (χ3v) is 4.78. The molecule has 0 saturated heterocycles. The third kappa shape index (κ3) is 4.41. The fourth-order valence-corrected chi connectivity index (χ4v) is 3.12. The van der Waals surface area contributed by atoms with E-state index in [0.717, 1.165) is 6.07 Å². The average Bonchev–Trinajstić information content (AvgIpc) is 2.54. The van der Waals surface area contributed by atoms with Gasteiger partial charge in [0.2, 0.25) is 0 Å². The van der Waals surface area contributed by atoms with Crippen LogP contribution in [0.4, 0.5) is 13.2 Å². The molecule has 0 saturated carbocycles. The van der Waals surface area contributed by atoms with E-state index >= 15 is 0 Å². The van der Waals surface area contributed by atoms with Gasteiger partial charge in [0.15, 0.2) is 0 Å². The predicted molar refractivity (Wildman–Crippen MR) is 94.0 cm³/mol. The molecule has 3 nitrogen and oxygen atoms in total. The molecule has 128 valence electrons. The van der Waals surface area contributed by atoms with Crippen LogP contribution in [0.1, 0.15) is 21.5 Å². The molecule has 0 unspecified atom stereocenters. The first-order chi connectivity index (χ1) is 11.2. The second-order valence-electron chi connectivity index (χ2n) is 4.70. The standard InChI is InChI=1S/C16H11BrF3IO3/c1-23-15(22)10-7-13(21)9(6-12(10)17)8-24-14-5-3-2-4-11(14)16(18,19)20/h2-7H,8H2,1H3. The fraction of sp³-hybridized carbons (Fsp3) is 0.188. The predicted octanol–water partition coefficient (Wildman–Crippen LogP) is 5.44. The summed E-state index contributed by atoms with van der Waals surface area (Å²) >= 11 is 5.24. The lowest BCUT2D eigenvalue weighted by atomic mass is 10.1. The van der Waals surface area contributed by atoms with E-state index in [2.05, 4.69) is 20.7 Å². The number of esters is 1. The number of hydrogen-bond acceptors (Lipinski definition) is 3. The second kappa shape index (κ2) is 7.73. The van der Waals surface area contributed by atoms with Crippen LogP contribution in [-0.2, 0) is 17.5 Å². The topological polar surface area (TPSA) is 35.5 Å². The van der Waals surface area contributed by atoms with Crippen LogP contribution >= 0.6 is 38.5 Å². The molecule has 0 spiro atoms. The molecule has 0 heterocycles. The zero-order valence-corrected chi connectivity index (χ0v) is 16.0. The van der Waals surface area contributed by atoms with Crippen LogP contribution in [0.3, 0.4) is 0 Å². The summed E-state index contributed by atoms with van der Waals surface area (Å²) in [5, 5.41) is 0. The molecular weight excluding hydrogens is 504 g/mol.